The lowest BCUT2D eigenvalue weighted by Gasteiger charge is -2.20. The zero-order valence-electron chi connectivity index (χ0n) is 11.8. The summed E-state index contributed by atoms with van der Waals surface area (Å²) < 4.78 is 10.5. The summed E-state index contributed by atoms with van der Waals surface area (Å²) in [5.74, 6) is 0.0697. The van der Waals surface area contributed by atoms with E-state index in [1.807, 2.05) is 26.8 Å². The van der Waals surface area contributed by atoms with E-state index in [1.165, 1.54) is 0 Å². The van der Waals surface area contributed by atoms with Crippen LogP contribution in [0, 0.1) is 5.92 Å². The van der Waals surface area contributed by atoms with E-state index in [9.17, 15) is 4.79 Å². The molecule has 0 heterocycles. The van der Waals surface area contributed by atoms with E-state index in [0.29, 0.717) is 26.1 Å². The third kappa shape index (κ3) is 10.3. The van der Waals surface area contributed by atoms with Gasteiger partial charge in [0.25, 0.3) is 0 Å². The van der Waals surface area contributed by atoms with Crippen molar-refractivity contribution < 1.29 is 19.4 Å². The smallest absolute Gasteiger partial charge is 0.306 e. The van der Waals surface area contributed by atoms with Gasteiger partial charge in [-0.15, -0.1) is 6.58 Å². The van der Waals surface area contributed by atoms with E-state index in [-0.39, 0.29) is 18.5 Å². The Kier molecular flexibility index (Phi) is 8.67. The molecule has 0 rings (SSSR count). The fraction of sp³-hybridized carbons (Fsp3) is 0.786. The summed E-state index contributed by atoms with van der Waals surface area (Å²) in [6.07, 6.45) is 3.72. The van der Waals surface area contributed by atoms with Gasteiger partial charge in [0.05, 0.1) is 13.2 Å². The molecule has 0 aromatic rings. The van der Waals surface area contributed by atoms with Gasteiger partial charge < -0.3 is 14.6 Å². The van der Waals surface area contributed by atoms with E-state index < -0.39 is 5.60 Å². The number of esters is 1. The van der Waals surface area contributed by atoms with Crippen LogP contribution in [0.25, 0.3) is 0 Å². The van der Waals surface area contributed by atoms with Gasteiger partial charge >= 0.3 is 5.97 Å². The first-order chi connectivity index (χ1) is 8.39. The number of aliphatic hydroxyl groups is 1. The number of rotatable bonds is 9. The molecule has 106 valence electrons. The predicted molar refractivity (Wildman–Crippen MR) is 71.3 cm³/mol. The lowest BCUT2D eigenvalue weighted by atomic mass is 10.0. The molecule has 1 atom stereocenters. The minimum absolute atomic E-state index is 0.0207. The molecule has 0 aromatic carbocycles. The van der Waals surface area contributed by atoms with Crippen molar-refractivity contribution in [1.29, 1.82) is 0 Å². The van der Waals surface area contributed by atoms with Crippen LogP contribution in [0.5, 0.6) is 0 Å². The van der Waals surface area contributed by atoms with Gasteiger partial charge in [0.15, 0.2) is 0 Å². The van der Waals surface area contributed by atoms with Gasteiger partial charge in [0.1, 0.15) is 5.60 Å². The van der Waals surface area contributed by atoms with Gasteiger partial charge in [-0.3, -0.25) is 4.79 Å². The summed E-state index contributed by atoms with van der Waals surface area (Å²) in [4.78, 5) is 11.6. The fourth-order valence-electron chi connectivity index (χ4n) is 1.53. The SMILES string of the molecule is C=CCC(CCC(=O)OC(C)(C)C)COCCO. The molecule has 0 aromatic heterocycles. The van der Waals surface area contributed by atoms with Crippen molar-refractivity contribution in [2.24, 2.45) is 5.92 Å². The van der Waals surface area contributed by atoms with E-state index in [2.05, 4.69) is 6.58 Å². The van der Waals surface area contributed by atoms with Crippen LogP contribution >= 0.6 is 0 Å². The maximum absolute atomic E-state index is 11.6. The molecule has 0 aliphatic heterocycles. The van der Waals surface area contributed by atoms with Crippen LogP contribution in [-0.4, -0.2) is 36.5 Å². The normalized spacial score (nSPS) is 13.1. The number of carbonyl (C=O) groups is 1. The lowest BCUT2D eigenvalue weighted by Crippen LogP contribution is -2.24. The Labute approximate surface area is 110 Å². The third-order valence-electron chi connectivity index (χ3n) is 2.27. The summed E-state index contributed by atoms with van der Waals surface area (Å²) >= 11 is 0. The standard InChI is InChI=1S/C14H26O4/c1-5-6-12(11-17-10-9-15)7-8-13(16)18-14(2,3)4/h5,12,15H,1,6-11H2,2-4H3. The molecule has 1 N–H and O–H groups in total. The monoisotopic (exact) mass is 258 g/mol. The summed E-state index contributed by atoms with van der Waals surface area (Å²) in [7, 11) is 0. The second-order valence-corrected chi connectivity index (χ2v) is 5.31. The number of hydrogen-bond donors (Lipinski definition) is 1. The van der Waals surface area contributed by atoms with Gasteiger partial charge in [0, 0.05) is 13.0 Å². The number of aliphatic hydroxyl groups excluding tert-OH is 1. The van der Waals surface area contributed by atoms with Gasteiger partial charge in [-0.05, 0) is 39.5 Å². The molecule has 0 fully saturated rings. The Hall–Kier alpha value is -0.870. The summed E-state index contributed by atoms with van der Waals surface area (Å²) in [5.41, 5.74) is -0.432. The average Bonchev–Trinajstić information content (AvgIpc) is 2.24. The molecule has 0 aliphatic rings. The largest absolute Gasteiger partial charge is 0.460 e. The van der Waals surface area contributed by atoms with E-state index >= 15 is 0 Å². The molecule has 0 spiro atoms. The van der Waals surface area contributed by atoms with Crippen molar-refractivity contribution in [2.45, 2.75) is 45.6 Å². The van der Waals surface area contributed by atoms with Crippen molar-refractivity contribution >= 4 is 5.97 Å². The van der Waals surface area contributed by atoms with E-state index in [1.54, 1.807) is 0 Å². The first-order valence-electron chi connectivity index (χ1n) is 6.40. The Morgan fingerprint density at radius 3 is 2.61 bits per heavy atom. The molecule has 4 heteroatoms. The van der Waals surface area contributed by atoms with Gasteiger partial charge in [-0.2, -0.15) is 0 Å². The Morgan fingerprint density at radius 2 is 2.11 bits per heavy atom. The van der Waals surface area contributed by atoms with Gasteiger partial charge in [-0.1, -0.05) is 6.08 Å². The first-order valence-corrected chi connectivity index (χ1v) is 6.40. The zero-order valence-corrected chi connectivity index (χ0v) is 11.8. The summed E-state index contributed by atoms with van der Waals surface area (Å²) in [5, 5.41) is 8.64. The molecule has 1 unspecified atom stereocenters. The third-order valence-corrected chi connectivity index (χ3v) is 2.27. The Morgan fingerprint density at radius 1 is 1.44 bits per heavy atom. The summed E-state index contributed by atoms with van der Waals surface area (Å²) in [6, 6.07) is 0. The van der Waals surface area contributed by atoms with Crippen LogP contribution in [0.3, 0.4) is 0 Å². The highest BCUT2D eigenvalue weighted by Crippen LogP contribution is 2.15. The Balaban J connectivity index is 3.94. The number of hydrogen-bond acceptors (Lipinski definition) is 4. The number of carbonyl (C=O) groups excluding carboxylic acids is 1. The van der Waals surface area contributed by atoms with Crippen LogP contribution in [0.2, 0.25) is 0 Å². The Bertz CT molecular complexity index is 243. The molecular formula is C14H26O4. The molecule has 0 aliphatic carbocycles. The molecule has 0 saturated heterocycles. The summed E-state index contributed by atoms with van der Waals surface area (Å²) in [6.45, 7) is 10.2. The average molecular weight is 258 g/mol. The molecule has 4 nitrogen and oxygen atoms in total. The van der Waals surface area contributed by atoms with Gasteiger partial charge in [0.2, 0.25) is 0 Å². The van der Waals surface area contributed by atoms with Crippen LogP contribution < -0.4 is 0 Å². The van der Waals surface area contributed by atoms with E-state index in [0.717, 1.165) is 6.42 Å². The topological polar surface area (TPSA) is 55.8 Å². The molecule has 0 radical (unpaired) electrons. The van der Waals surface area contributed by atoms with Crippen molar-refractivity contribution in [3.8, 4) is 0 Å². The van der Waals surface area contributed by atoms with Crippen LogP contribution in [0.4, 0.5) is 0 Å². The highest BCUT2D eigenvalue weighted by Gasteiger charge is 2.17. The van der Waals surface area contributed by atoms with Crippen molar-refractivity contribution in [3.63, 3.8) is 0 Å². The van der Waals surface area contributed by atoms with Crippen molar-refractivity contribution in [1.82, 2.24) is 0 Å². The molecule has 0 bridgehead atoms. The van der Waals surface area contributed by atoms with Gasteiger partial charge in [-0.25, -0.2) is 0 Å². The fourth-order valence-corrected chi connectivity index (χ4v) is 1.53. The molecular weight excluding hydrogens is 232 g/mol. The van der Waals surface area contributed by atoms with Crippen LogP contribution in [0.15, 0.2) is 12.7 Å². The maximum atomic E-state index is 11.6. The number of allylic oxidation sites excluding steroid dienone is 1. The highest BCUT2D eigenvalue weighted by atomic mass is 16.6. The van der Waals surface area contributed by atoms with E-state index in [4.69, 9.17) is 14.6 Å². The molecule has 18 heavy (non-hydrogen) atoms. The van der Waals surface area contributed by atoms with Crippen molar-refractivity contribution in [3.05, 3.63) is 12.7 Å². The minimum atomic E-state index is -0.432. The maximum Gasteiger partial charge on any atom is 0.306 e. The van der Waals surface area contributed by atoms with Crippen LogP contribution in [0.1, 0.15) is 40.0 Å². The highest BCUT2D eigenvalue weighted by molar-refractivity contribution is 5.69. The molecule has 0 saturated carbocycles. The number of ether oxygens (including phenoxy) is 2. The lowest BCUT2D eigenvalue weighted by molar-refractivity contribution is -0.155. The predicted octanol–water partition coefficient (Wildman–Crippen LogP) is 2.31. The zero-order chi connectivity index (χ0) is 14.0. The first kappa shape index (κ1) is 17.1. The van der Waals surface area contributed by atoms with Crippen molar-refractivity contribution in [2.75, 3.05) is 19.8 Å². The second kappa shape index (κ2) is 9.11. The quantitative estimate of drug-likeness (QED) is 0.392. The van der Waals surface area contributed by atoms with Crippen LogP contribution in [-0.2, 0) is 14.3 Å². The minimum Gasteiger partial charge on any atom is -0.460 e. The molecule has 0 amide bonds. The second-order valence-electron chi connectivity index (χ2n) is 5.31.